The molecule has 1 amide bonds. The Labute approximate surface area is 110 Å². The largest absolute Gasteiger partial charge is 0.366 e. The molecule has 2 heterocycles. The van der Waals surface area contributed by atoms with E-state index in [1.807, 2.05) is 0 Å². The molecule has 0 aliphatic carbocycles. The lowest BCUT2D eigenvalue weighted by Crippen LogP contribution is -2.45. The number of nitrogens with zero attached hydrogens (tertiary/aromatic N) is 1. The average molecular weight is 285 g/mol. The Kier molecular flexibility index (Phi) is 3.72. The average Bonchev–Trinajstić information content (AvgIpc) is 2.88. The summed E-state index contributed by atoms with van der Waals surface area (Å²) in [4.78, 5) is 25.6. The van der Waals surface area contributed by atoms with Crippen LogP contribution in [0.4, 0.5) is 0 Å². The summed E-state index contributed by atoms with van der Waals surface area (Å²) in [6.45, 7) is 0.245. The molecule has 2 rings (SSSR count). The Morgan fingerprint density at radius 3 is 2.89 bits per heavy atom. The van der Waals surface area contributed by atoms with Crippen molar-refractivity contribution in [3.8, 4) is 0 Å². The first-order chi connectivity index (χ1) is 8.98. The fourth-order valence-corrected chi connectivity index (χ4v) is 3.88. The Hall–Kier alpha value is -1.67. The first kappa shape index (κ1) is 13.8. The number of carbonyl (C=O) groups is 1. The van der Waals surface area contributed by atoms with Gasteiger partial charge in [0.15, 0.2) is 0 Å². The van der Waals surface area contributed by atoms with Gasteiger partial charge in [0.2, 0.25) is 21.4 Å². The molecular formula is C11H15N3O4S. The smallest absolute Gasteiger partial charge is 0.249 e. The number of hydrogen-bond acceptors (Lipinski definition) is 4. The second-order valence-electron chi connectivity index (χ2n) is 4.26. The quantitative estimate of drug-likeness (QED) is 0.765. The molecule has 0 bridgehead atoms. The van der Waals surface area contributed by atoms with Crippen molar-refractivity contribution in [2.24, 2.45) is 0 Å². The lowest BCUT2D eigenvalue weighted by molar-refractivity contribution is -0.123. The van der Waals surface area contributed by atoms with E-state index in [0.717, 1.165) is 16.6 Å². The Balaban J connectivity index is 2.43. The highest BCUT2D eigenvalue weighted by molar-refractivity contribution is 7.89. The van der Waals surface area contributed by atoms with Gasteiger partial charge >= 0.3 is 0 Å². The molecule has 7 nitrogen and oxygen atoms in total. The van der Waals surface area contributed by atoms with Crippen molar-refractivity contribution in [3.05, 3.63) is 28.7 Å². The highest BCUT2D eigenvalue weighted by Crippen LogP contribution is 2.24. The topological polar surface area (TPSA) is 99.3 Å². The molecule has 19 heavy (non-hydrogen) atoms. The zero-order valence-electron chi connectivity index (χ0n) is 10.4. The zero-order valence-corrected chi connectivity index (χ0v) is 11.2. The second kappa shape index (κ2) is 5.14. The van der Waals surface area contributed by atoms with Crippen LogP contribution in [0.1, 0.15) is 12.8 Å². The van der Waals surface area contributed by atoms with Gasteiger partial charge in [0.1, 0.15) is 10.9 Å². The number of hydrogen-bond donors (Lipinski definition) is 2. The minimum absolute atomic E-state index is 0.245. The van der Waals surface area contributed by atoms with Crippen LogP contribution in [0, 0.1) is 0 Å². The highest BCUT2D eigenvalue weighted by Gasteiger charge is 2.39. The summed E-state index contributed by atoms with van der Waals surface area (Å²) in [6.07, 6.45) is 3.57. The maximum atomic E-state index is 12.4. The van der Waals surface area contributed by atoms with E-state index in [9.17, 15) is 18.0 Å². The van der Waals surface area contributed by atoms with E-state index >= 15 is 0 Å². The van der Waals surface area contributed by atoms with Gasteiger partial charge in [-0.2, -0.15) is 4.31 Å². The van der Waals surface area contributed by atoms with E-state index in [2.05, 4.69) is 10.3 Å². The molecular weight excluding hydrogens is 270 g/mol. The third kappa shape index (κ3) is 2.41. The van der Waals surface area contributed by atoms with Gasteiger partial charge in [-0.3, -0.25) is 9.59 Å². The van der Waals surface area contributed by atoms with Crippen LogP contribution in [-0.4, -0.2) is 43.2 Å². The molecule has 0 saturated carbocycles. The van der Waals surface area contributed by atoms with Crippen LogP contribution >= 0.6 is 0 Å². The van der Waals surface area contributed by atoms with Crippen LogP contribution < -0.4 is 10.7 Å². The molecule has 1 saturated heterocycles. The number of nitrogens with one attached hydrogen (secondary N) is 2. The number of carbonyl (C=O) groups excluding carboxylic acids is 1. The molecule has 1 atom stereocenters. The third-order valence-electron chi connectivity index (χ3n) is 3.13. The Bertz CT molecular complexity index is 637. The summed E-state index contributed by atoms with van der Waals surface area (Å²) in [7, 11) is -2.49. The molecule has 2 N–H and O–H groups in total. The predicted molar refractivity (Wildman–Crippen MR) is 68.0 cm³/mol. The van der Waals surface area contributed by atoms with Gasteiger partial charge in [0, 0.05) is 32.1 Å². The molecule has 0 radical (unpaired) electrons. The fourth-order valence-electron chi connectivity index (χ4n) is 2.19. The first-order valence-corrected chi connectivity index (χ1v) is 7.33. The molecule has 1 aliphatic rings. The number of rotatable bonds is 3. The highest BCUT2D eigenvalue weighted by atomic mass is 32.2. The zero-order chi connectivity index (χ0) is 14.0. The fraction of sp³-hybridized carbons (Fsp3) is 0.455. The number of sulfonamides is 1. The molecule has 104 valence electrons. The molecule has 1 aromatic heterocycles. The minimum Gasteiger partial charge on any atom is -0.366 e. The van der Waals surface area contributed by atoms with Gasteiger partial charge in [0.25, 0.3) is 0 Å². The normalized spacial score (nSPS) is 20.4. The lowest BCUT2D eigenvalue weighted by Gasteiger charge is -2.22. The number of H-pyrrole nitrogens is 1. The molecule has 1 unspecified atom stereocenters. The third-order valence-corrected chi connectivity index (χ3v) is 5.06. The van der Waals surface area contributed by atoms with Crippen molar-refractivity contribution >= 4 is 15.9 Å². The van der Waals surface area contributed by atoms with Crippen LogP contribution in [0.15, 0.2) is 28.2 Å². The molecule has 1 fully saturated rings. The van der Waals surface area contributed by atoms with Crippen LogP contribution in [0.25, 0.3) is 0 Å². The van der Waals surface area contributed by atoms with Crippen LogP contribution in [-0.2, 0) is 14.8 Å². The van der Waals surface area contributed by atoms with Crippen molar-refractivity contribution < 1.29 is 13.2 Å². The number of pyridine rings is 1. The number of amides is 1. The molecule has 0 aromatic carbocycles. The van der Waals surface area contributed by atoms with Crippen LogP contribution in [0.5, 0.6) is 0 Å². The minimum atomic E-state index is -3.94. The molecule has 0 spiro atoms. The van der Waals surface area contributed by atoms with Gasteiger partial charge < -0.3 is 10.3 Å². The van der Waals surface area contributed by atoms with Crippen molar-refractivity contribution in [2.75, 3.05) is 13.6 Å². The maximum Gasteiger partial charge on any atom is 0.249 e. The summed E-state index contributed by atoms with van der Waals surface area (Å²) in [5.41, 5.74) is -0.582. The number of likely N-dealkylation sites (N-methyl/N-ethyl adjacent to an activating group) is 1. The molecule has 1 aromatic rings. The van der Waals surface area contributed by atoms with Gasteiger partial charge in [-0.1, -0.05) is 0 Å². The molecule has 1 aliphatic heterocycles. The first-order valence-electron chi connectivity index (χ1n) is 5.89. The van der Waals surface area contributed by atoms with Crippen molar-refractivity contribution in [1.82, 2.24) is 14.6 Å². The standard InChI is InChI=1S/C11H15N3O4S/c1-12-11(16)8-3-2-6-14(8)19(17,18)10-7-13-5-4-9(10)15/h4-5,7-8H,2-3,6H2,1H3,(H,12,16)(H,13,15). The van der Waals surface area contributed by atoms with Crippen molar-refractivity contribution in [3.63, 3.8) is 0 Å². The summed E-state index contributed by atoms with van der Waals surface area (Å²) < 4.78 is 25.9. The molecule has 8 heteroatoms. The van der Waals surface area contributed by atoms with E-state index in [1.54, 1.807) is 0 Å². The summed E-state index contributed by atoms with van der Waals surface area (Å²) in [6, 6.07) is 0.410. The Morgan fingerprint density at radius 1 is 1.53 bits per heavy atom. The maximum absolute atomic E-state index is 12.4. The van der Waals surface area contributed by atoms with E-state index in [1.165, 1.54) is 13.2 Å². The number of aromatic nitrogens is 1. The number of aromatic amines is 1. The lowest BCUT2D eigenvalue weighted by atomic mass is 10.2. The summed E-state index contributed by atoms with van der Waals surface area (Å²) in [5.74, 6) is -0.353. The summed E-state index contributed by atoms with van der Waals surface area (Å²) >= 11 is 0. The van der Waals surface area contributed by atoms with Crippen LogP contribution in [0.2, 0.25) is 0 Å². The van der Waals surface area contributed by atoms with Gasteiger partial charge in [-0.25, -0.2) is 8.42 Å². The van der Waals surface area contributed by atoms with Gasteiger partial charge in [0.05, 0.1) is 0 Å². The predicted octanol–water partition coefficient (Wildman–Crippen LogP) is -0.726. The van der Waals surface area contributed by atoms with Crippen molar-refractivity contribution in [2.45, 2.75) is 23.8 Å². The van der Waals surface area contributed by atoms with Crippen LogP contribution in [0.3, 0.4) is 0 Å². The summed E-state index contributed by atoms with van der Waals surface area (Å²) in [5, 5.41) is 2.44. The second-order valence-corrected chi connectivity index (χ2v) is 6.12. The SMILES string of the molecule is CNC(=O)C1CCCN1S(=O)(=O)c1c[nH]ccc1=O. The van der Waals surface area contributed by atoms with E-state index in [-0.39, 0.29) is 17.3 Å². The van der Waals surface area contributed by atoms with Gasteiger partial charge in [-0.05, 0) is 12.8 Å². The van der Waals surface area contributed by atoms with E-state index < -0.39 is 21.5 Å². The van der Waals surface area contributed by atoms with E-state index in [0.29, 0.717) is 12.8 Å². The monoisotopic (exact) mass is 285 g/mol. The van der Waals surface area contributed by atoms with Gasteiger partial charge in [-0.15, -0.1) is 0 Å². The van der Waals surface area contributed by atoms with Crippen molar-refractivity contribution in [1.29, 1.82) is 0 Å². The van der Waals surface area contributed by atoms with E-state index in [4.69, 9.17) is 0 Å². The Morgan fingerprint density at radius 2 is 2.26 bits per heavy atom.